The smallest absolute Gasteiger partial charge is 0.229 e. The maximum atomic E-state index is 6.00. The second-order valence-electron chi connectivity index (χ2n) is 5.54. The molecule has 0 aliphatic heterocycles. The molecule has 0 aliphatic carbocycles. The van der Waals surface area contributed by atoms with Crippen LogP contribution in [0.3, 0.4) is 0 Å². The molecule has 2 N–H and O–H groups in total. The predicted octanol–water partition coefficient (Wildman–Crippen LogP) is 4.94. The van der Waals surface area contributed by atoms with E-state index < -0.39 is 0 Å². The summed E-state index contributed by atoms with van der Waals surface area (Å²) < 4.78 is 10.6. The van der Waals surface area contributed by atoms with Gasteiger partial charge >= 0.3 is 0 Å². The fourth-order valence-electron chi connectivity index (χ4n) is 2.43. The van der Waals surface area contributed by atoms with E-state index in [4.69, 9.17) is 21.1 Å². The maximum absolute atomic E-state index is 6.00. The minimum Gasteiger partial charge on any atom is -0.497 e. The third-order valence-electron chi connectivity index (χ3n) is 3.76. The summed E-state index contributed by atoms with van der Waals surface area (Å²) in [5.41, 5.74) is 2.67. The van der Waals surface area contributed by atoms with E-state index in [1.807, 2.05) is 43.3 Å². The molecule has 0 atom stereocenters. The quantitative estimate of drug-likeness (QED) is 0.640. The molecular weight excluding hydrogens is 352 g/mol. The number of nitrogens with zero attached hydrogens (tertiary/aromatic N) is 2. The molecule has 0 saturated heterocycles. The summed E-state index contributed by atoms with van der Waals surface area (Å²) >= 11 is 6.00. The average Bonchev–Trinajstić information content (AvgIpc) is 2.64. The second kappa shape index (κ2) is 7.93. The first-order valence-corrected chi connectivity index (χ1v) is 8.32. The second-order valence-corrected chi connectivity index (χ2v) is 5.98. The molecule has 0 aliphatic rings. The van der Waals surface area contributed by atoms with Gasteiger partial charge < -0.3 is 20.1 Å². The zero-order valence-electron chi connectivity index (χ0n) is 14.7. The summed E-state index contributed by atoms with van der Waals surface area (Å²) in [6.07, 6.45) is 1.68. The molecule has 0 unspecified atom stereocenters. The number of ether oxygens (including phenoxy) is 2. The van der Waals surface area contributed by atoms with Crippen LogP contribution in [0.2, 0.25) is 5.02 Å². The normalized spacial score (nSPS) is 10.3. The highest BCUT2D eigenvalue weighted by atomic mass is 35.5. The average molecular weight is 371 g/mol. The minimum absolute atomic E-state index is 0.438. The number of aryl methyl sites for hydroxylation is 1. The van der Waals surface area contributed by atoms with E-state index >= 15 is 0 Å². The van der Waals surface area contributed by atoms with Crippen LogP contribution >= 0.6 is 11.6 Å². The summed E-state index contributed by atoms with van der Waals surface area (Å²) in [6, 6.07) is 12.9. The topological polar surface area (TPSA) is 68.3 Å². The van der Waals surface area contributed by atoms with Crippen molar-refractivity contribution in [3.63, 3.8) is 0 Å². The number of hydrogen-bond donors (Lipinski definition) is 2. The molecule has 1 heterocycles. The van der Waals surface area contributed by atoms with Crippen molar-refractivity contribution in [2.75, 3.05) is 24.9 Å². The van der Waals surface area contributed by atoms with Crippen molar-refractivity contribution < 1.29 is 9.47 Å². The van der Waals surface area contributed by atoms with Gasteiger partial charge in [-0.2, -0.15) is 4.98 Å². The van der Waals surface area contributed by atoms with Crippen LogP contribution < -0.4 is 20.1 Å². The first kappa shape index (κ1) is 17.8. The van der Waals surface area contributed by atoms with Crippen molar-refractivity contribution in [1.29, 1.82) is 0 Å². The molecule has 3 rings (SSSR count). The zero-order valence-corrected chi connectivity index (χ0v) is 15.5. The Balaban J connectivity index is 1.84. The minimum atomic E-state index is 0.438. The monoisotopic (exact) mass is 370 g/mol. The largest absolute Gasteiger partial charge is 0.497 e. The van der Waals surface area contributed by atoms with Gasteiger partial charge in [-0.05, 0) is 48.9 Å². The van der Waals surface area contributed by atoms with Crippen molar-refractivity contribution in [1.82, 2.24) is 9.97 Å². The van der Waals surface area contributed by atoms with Gasteiger partial charge in [-0.15, -0.1) is 0 Å². The van der Waals surface area contributed by atoms with Gasteiger partial charge in [0.05, 0.1) is 19.9 Å². The standard InChI is InChI=1S/C19H19ClN4O2/c1-12-10-13(20)4-6-15(12)22-18-8-9-21-19(24-18)23-16-11-14(25-2)5-7-17(16)26-3/h4-11H,1-3H3,(H2,21,22,23,24). The van der Waals surface area contributed by atoms with Gasteiger partial charge in [0, 0.05) is 23.0 Å². The Morgan fingerprint density at radius 1 is 0.923 bits per heavy atom. The molecule has 0 amide bonds. The van der Waals surface area contributed by atoms with Gasteiger partial charge in [0.1, 0.15) is 17.3 Å². The van der Waals surface area contributed by atoms with E-state index in [0.29, 0.717) is 34.0 Å². The summed E-state index contributed by atoms with van der Waals surface area (Å²) in [4.78, 5) is 8.76. The van der Waals surface area contributed by atoms with Crippen molar-refractivity contribution in [3.8, 4) is 11.5 Å². The number of benzene rings is 2. The number of anilines is 4. The third-order valence-corrected chi connectivity index (χ3v) is 3.99. The molecule has 0 bridgehead atoms. The van der Waals surface area contributed by atoms with Crippen molar-refractivity contribution in [3.05, 3.63) is 59.2 Å². The molecule has 3 aromatic rings. The van der Waals surface area contributed by atoms with E-state index in [1.54, 1.807) is 26.5 Å². The Morgan fingerprint density at radius 3 is 2.50 bits per heavy atom. The van der Waals surface area contributed by atoms with E-state index in [0.717, 1.165) is 11.3 Å². The highest BCUT2D eigenvalue weighted by molar-refractivity contribution is 6.30. The van der Waals surface area contributed by atoms with Crippen molar-refractivity contribution >= 4 is 34.7 Å². The molecule has 0 fully saturated rings. The maximum Gasteiger partial charge on any atom is 0.229 e. The Morgan fingerprint density at radius 2 is 1.77 bits per heavy atom. The van der Waals surface area contributed by atoms with Crippen LogP contribution in [0, 0.1) is 6.92 Å². The van der Waals surface area contributed by atoms with Gasteiger partial charge in [-0.25, -0.2) is 4.98 Å². The number of halogens is 1. The number of rotatable bonds is 6. The Bertz CT molecular complexity index is 918. The highest BCUT2D eigenvalue weighted by Gasteiger charge is 2.08. The summed E-state index contributed by atoms with van der Waals surface area (Å²) in [7, 11) is 3.22. The van der Waals surface area contributed by atoms with Crippen molar-refractivity contribution in [2.45, 2.75) is 6.92 Å². The van der Waals surface area contributed by atoms with Crippen LogP contribution in [0.25, 0.3) is 0 Å². The zero-order chi connectivity index (χ0) is 18.5. The summed E-state index contributed by atoms with van der Waals surface area (Å²) in [6.45, 7) is 1.98. The Labute approximate surface area is 157 Å². The molecule has 6 nitrogen and oxygen atoms in total. The number of methoxy groups -OCH3 is 2. The summed E-state index contributed by atoms with van der Waals surface area (Å²) in [5, 5.41) is 7.13. The molecule has 26 heavy (non-hydrogen) atoms. The molecule has 0 spiro atoms. The third kappa shape index (κ3) is 4.15. The molecule has 0 radical (unpaired) electrons. The fourth-order valence-corrected chi connectivity index (χ4v) is 2.65. The van der Waals surface area contributed by atoms with Gasteiger partial charge in [0.25, 0.3) is 0 Å². The SMILES string of the molecule is COc1ccc(OC)c(Nc2nccc(Nc3ccc(Cl)cc3C)n2)c1. The molecule has 2 aromatic carbocycles. The fraction of sp³-hybridized carbons (Fsp3) is 0.158. The number of aromatic nitrogens is 2. The van der Waals surface area contributed by atoms with E-state index in [-0.39, 0.29) is 0 Å². The molecule has 0 saturated carbocycles. The van der Waals surface area contributed by atoms with E-state index in [1.165, 1.54) is 0 Å². The molecule has 7 heteroatoms. The lowest BCUT2D eigenvalue weighted by atomic mass is 10.2. The molecular formula is C19H19ClN4O2. The Kier molecular flexibility index (Phi) is 5.43. The highest BCUT2D eigenvalue weighted by Crippen LogP contribution is 2.31. The Hall–Kier alpha value is -2.99. The number of hydrogen-bond acceptors (Lipinski definition) is 6. The van der Waals surface area contributed by atoms with Crippen LogP contribution in [-0.4, -0.2) is 24.2 Å². The van der Waals surface area contributed by atoms with Gasteiger partial charge in [-0.1, -0.05) is 11.6 Å². The molecule has 134 valence electrons. The van der Waals surface area contributed by atoms with Crippen LogP contribution in [0.5, 0.6) is 11.5 Å². The first-order valence-electron chi connectivity index (χ1n) is 7.94. The predicted molar refractivity (Wildman–Crippen MR) is 104 cm³/mol. The lowest BCUT2D eigenvalue weighted by Gasteiger charge is -2.13. The van der Waals surface area contributed by atoms with E-state index in [2.05, 4.69) is 20.6 Å². The van der Waals surface area contributed by atoms with Crippen LogP contribution in [0.4, 0.5) is 23.1 Å². The van der Waals surface area contributed by atoms with Gasteiger partial charge in [0.2, 0.25) is 5.95 Å². The van der Waals surface area contributed by atoms with Gasteiger partial charge in [0.15, 0.2) is 0 Å². The van der Waals surface area contributed by atoms with Gasteiger partial charge in [-0.3, -0.25) is 0 Å². The first-order chi connectivity index (χ1) is 12.6. The van der Waals surface area contributed by atoms with Crippen molar-refractivity contribution in [2.24, 2.45) is 0 Å². The molecule has 1 aromatic heterocycles. The number of nitrogens with one attached hydrogen (secondary N) is 2. The lowest BCUT2D eigenvalue weighted by molar-refractivity contribution is 0.405. The summed E-state index contributed by atoms with van der Waals surface area (Å²) in [5.74, 6) is 2.48. The van der Waals surface area contributed by atoms with Crippen LogP contribution in [0.15, 0.2) is 48.7 Å². The van der Waals surface area contributed by atoms with Crippen LogP contribution in [-0.2, 0) is 0 Å². The van der Waals surface area contributed by atoms with Crippen LogP contribution in [0.1, 0.15) is 5.56 Å². The van der Waals surface area contributed by atoms with E-state index in [9.17, 15) is 0 Å². The lowest BCUT2D eigenvalue weighted by Crippen LogP contribution is -2.02.